The summed E-state index contributed by atoms with van der Waals surface area (Å²) in [7, 11) is 3.15. The van der Waals surface area contributed by atoms with Gasteiger partial charge >= 0.3 is 0 Å². The number of rotatable bonds is 5. The summed E-state index contributed by atoms with van der Waals surface area (Å²) in [5.74, 6) is 2.78. The smallest absolute Gasteiger partial charge is 0.254 e. The van der Waals surface area contributed by atoms with E-state index in [1.807, 2.05) is 24.8 Å². The molecule has 1 saturated heterocycles. The van der Waals surface area contributed by atoms with Crippen LogP contribution in [0.2, 0.25) is 0 Å². The molecule has 0 bridgehead atoms. The van der Waals surface area contributed by atoms with E-state index >= 15 is 0 Å². The first-order valence-corrected chi connectivity index (χ1v) is 10.3. The predicted molar refractivity (Wildman–Crippen MR) is 114 cm³/mol. The van der Waals surface area contributed by atoms with E-state index in [1.165, 1.54) is 0 Å². The van der Waals surface area contributed by atoms with Crippen LogP contribution in [-0.2, 0) is 0 Å². The lowest BCUT2D eigenvalue weighted by Gasteiger charge is -2.32. The number of carbonyl (C=O) groups is 1. The number of hydrogen-bond donors (Lipinski definition) is 0. The van der Waals surface area contributed by atoms with Crippen molar-refractivity contribution in [2.24, 2.45) is 0 Å². The number of amides is 1. The highest BCUT2D eigenvalue weighted by Gasteiger charge is 2.28. The highest BCUT2D eigenvalue weighted by molar-refractivity contribution is 5.95. The molecule has 162 valence electrons. The van der Waals surface area contributed by atoms with Gasteiger partial charge in [0.15, 0.2) is 5.76 Å². The largest absolute Gasteiger partial charge is 0.497 e. The van der Waals surface area contributed by atoms with Crippen molar-refractivity contribution in [1.82, 2.24) is 20.0 Å². The van der Waals surface area contributed by atoms with Gasteiger partial charge in [0.2, 0.25) is 0 Å². The first-order chi connectivity index (χ1) is 15.0. The van der Waals surface area contributed by atoms with Gasteiger partial charge in [-0.3, -0.25) is 4.79 Å². The molecule has 0 N–H and O–H groups in total. The summed E-state index contributed by atoms with van der Waals surface area (Å²) >= 11 is 0. The van der Waals surface area contributed by atoms with E-state index < -0.39 is 0 Å². The lowest BCUT2D eigenvalue weighted by Crippen LogP contribution is -2.38. The Kier molecular flexibility index (Phi) is 5.88. The predicted octanol–water partition coefficient (Wildman–Crippen LogP) is 3.79. The summed E-state index contributed by atoms with van der Waals surface area (Å²) in [6.07, 6.45) is 3.42. The lowest BCUT2D eigenvalue weighted by molar-refractivity contribution is 0.0711. The second kappa shape index (κ2) is 8.75. The van der Waals surface area contributed by atoms with E-state index in [0.717, 1.165) is 35.6 Å². The Morgan fingerprint density at radius 2 is 1.74 bits per heavy atom. The van der Waals surface area contributed by atoms with Crippen molar-refractivity contribution in [2.45, 2.75) is 32.6 Å². The number of aryl methyl sites for hydroxylation is 2. The maximum atomic E-state index is 13.1. The molecule has 1 aromatic carbocycles. The summed E-state index contributed by atoms with van der Waals surface area (Å²) in [5, 5.41) is 3.99. The minimum absolute atomic E-state index is 0.0272. The van der Waals surface area contributed by atoms with Crippen LogP contribution in [0.15, 0.2) is 35.0 Å². The summed E-state index contributed by atoms with van der Waals surface area (Å²) in [6.45, 7) is 5.05. The van der Waals surface area contributed by atoms with Crippen molar-refractivity contribution < 1.29 is 18.8 Å². The van der Waals surface area contributed by atoms with Crippen LogP contribution in [-0.4, -0.2) is 53.2 Å². The monoisotopic (exact) mass is 422 g/mol. The first-order valence-electron chi connectivity index (χ1n) is 10.3. The van der Waals surface area contributed by atoms with Crippen molar-refractivity contribution in [3.05, 3.63) is 53.2 Å². The maximum absolute atomic E-state index is 13.1. The standard InChI is InChI=1S/C23H26N4O4/c1-14-9-21(31-26-14)20-13-24-15(2)25-22(20)16-5-7-27(8-6-16)23(28)17-10-18(29-3)12-19(11-17)30-4/h9-13,16H,5-8H2,1-4H3. The van der Waals surface area contributed by atoms with E-state index in [1.54, 1.807) is 38.6 Å². The van der Waals surface area contributed by atoms with Gasteiger partial charge in [-0.05, 0) is 38.8 Å². The summed E-state index contributed by atoms with van der Waals surface area (Å²) in [6, 6.07) is 7.14. The Hall–Kier alpha value is -3.42. The molecule has 8 nitrogen and oxygen atoms in total. The molecule has 8 heteroatoms. The van der Waals surface area contributed by atoms with Gasteiger partial charge in [0.1, 0.15) is 17.3 Å². The van der Waals surface area contributed by atoms with Gasteiger partial charge in [-0.15, -0.1) is 0 Å². The summed E-state index contributed by atoms with van der Waals surface area (Å²) in [5.41, 5.74) is 3.20. The van der Waals surface area contributed by atoms with E-state index in [-0.39, 0.29) is 11.8 Å². The molecule has 1 fully saturated rings. The van der Waals surface area contributed by atoms with E-state index in [4.69, 9.17) is 19.0 Å². The van der Waals surface area contributed by atoms with Gasteiger partial charge in [-0.1, -0.05) is 5.16 Å². The highest BCUT2D eigenvalue weighted by atomic mass is 16.5. The van der Waals surface area contributed by atoms with E-state index in [0.29, 0.717) is 35.9 Å². The molecule has 1 amide bonds. The van der Waals surface area contributed by atoms with Crippen LogP contribution in [0.5, 0.6) is 11.5 Å². The molecule has 0 saturated carbocycles. The summed E-state index contributed by atoms with van der Waals surface area (Å²) < 4.78 is 16.1. The first kappa shape index (κ1) is 20.8. The molecule has 1 aliphatic rings. The fourth-order valence-corrected chi connectivity index (χ4v) is 3.95. The number of piperidine rings is 1. The fraction of sp³-hybridized carbons (Fsp3) is 0.391. The number of likely N-dealkylation sites (tertiary alicyclic amines) is 1. The molecule has 31 heavy (non-hydrogen) atoms. The minimum Gasteiger partial charge on any atom is -0.497 e. The Morgan fingerprint density at radius 3 is 2.32 bits per heavy atom. The van der Waals surface area contributed by atoms with Gasteiger partial charge < -0.3 is 18.9 Å². The van der Waals surface area contributed by atoms with Crippen molar-refractivity contribution >= 4 is 5.91 Å². The van der Waals surface area contributed by atoms with Crippen LogP contribution in [0.25, 0.3) is 11.3 Å². The lowest BCUT2D eigenvalue weighted by atomic mass is 9.90. The van der Waals surface area contributed by atoms with Gasteiger partial charge in [0.25, 0.3) is 5.91 Å². The second-order valence-electron chi connectivity index (χ2n) is 7.72. The third-order valence-electron chi connectivity index (χ3n) is 5.60. The third kappa shape index (κ3) is 4.38. The minimum atomic E-state index is -0.0272. The number of benzene rings is 1. The maximum Gasteiger partial charge on any atom is 0.254 e. The van der Waals surface area contributed by atoms with Crippen LogP contribution in [0.4, 0.5) is 0 Å². The second-order valence-corrected chi connectivity index (χ2v) is 7.72. The topological polar surface area (TPSA) is 90.6 Å². The number of carbonyl (C=O) groups excluding carboxylic acids is 1. The number of hydrogen-bond acceptors (Lipinski definition) is 7. The van der Waals surface area contributed by atoms with Crippen LogP contribution in [0.1, 0.15) is 46.3 Å². The van der Waals surface area contributed by atoms with E-state index in [2.05, 4.69) is 10.1 Å². The Morgan fingerprint density at radius 1 is 1.06 bits per heavy atom. The van der Waals surface area contributed by atoms with Crippen LogP contribution >= 0.6 is 0 Å². The molecular formula is C23H26N4O4. The highest BCUT2D eigenvalue weighted by Crippen LogP contribution is 2.35. The van der Waals surface area contributed by atoms with Crippen molar-refractivity contribution in [3.63, 3.8) is 0 Å². The average molecular weight is 422 g/mol. The molecule has 0 unspecified atom stereocenters. The zero-order valence-corrected chi connectivity index (χ0v) is 18.2. The Balaban J connectivity index is 1.52. The SMILES string of the molecule is COc1cc(OC)cc(C(=O)N2CCC(c3nc(C)ncc3-c3cc(C)no3)CC2)c1. The normalized spacial score (nSPS) is 14.5. The fourth-order valence-electron chi connectivity index (χ4n) is 3.95. The van der Waals surface area contributed by atoms with Crippen LogP contribution in [0.3, 0.4) is 0 Å². The Labute approximate surface area is 181 Å². The Bertz CT molecular complexity index is 1060. The average Bonchev–Trinajstić information content (AvgIpc) is 3.24. The van der Waals surface area contributed by atoms with Crippen molar-refractivity contribution in [1.29, 1.82) is 0 Å². The molecule has 0 spiro atoms. The number of ether oxygens (including phenoxy) is 2. The molecular weight excluding hydrogens is 396 g/mol. The van der Waals surface area contributed by atoms with Gasteiger partial charge in [0, 0.05) is 42.9 Å². The summed E-state index contributed by atoms with van der Waals surface area (Å²) in [4.78, 5) is 24.0. The van der Waals surface area contributed by atoms with Crippen molar-refractivity contribution in [2.75, 3.05) is 27.3 Å². The zero-order chi connectivity index (χ0) is 22.0. The molecule has 2 aromatic heterocycles. The van der Waals surface area contributed by atoms with Crippen LogP contribution < -0.4 is 9.47 Å². The zero-order valence-electron chi connectivity index (χ0n) is 18.2. The molecule has 4 rings (SSSR count). The van der Waals surface area contributed by atoms with Crippen LogP contribution in [0, 0.1) is 13.8 Å². The quantitative estimate of drug-likeness (QED) is 0.618. The molecule has 3 aromatic rings. The third-order valence-corrected chi connectivity index (χ3v) is 5.60. The molecule has 0 aliphatic carbocycles. The number of aromatic nitrogens is 3. The van der Waals surface area contributed by atoms with Gasteiger partial charge in [0.05, 0.1) is 31.2 Å². The molecule has 0 atom stereocenters. The van der Waals surface area contributed by atoms with Crippen molar-refractivity contribution in [3.8, 4) is 22.8 Å². The van der Waals surface area contributed by atoms with E-state index in [9.17, 15) is 4.79 Å². The van der Waals surface area contributed by atoms with Gasteiger partial charge in [-0.2, -0.15) is 0 Å². The molecule has 0 radical (unpaired) electrons. The van der Waals surface area contributed by atoms with Gasteiger partial charge in [-0.25, -0.2) is 9.97 Å². The number of methoxy groups -OCH3 is 2. The number of nitrogens with zero attached hydrogens (tertiary/aromatic N) is 4. The molecule has 1 aliphatic heterocycles. The molecule has 3 heterocycles.